The van der Waals surface area contributed by atoms with Gasteiger partial charge in [0.05, 0.1) is 15.6 Å². The molecule has 3 rings (SSSR count). The normalized spacial score (nSPS) is 19.8. The number of thioether (sulfide) groups is 1. The minimum Gasteiger partial charge on any atom is -0.368 e. The Morgan fingerprint density at radius 3 is 2.77 bits per heavy atom. The van der Waals surface area contributed by atoms with Crippen LogP contribution in [-0.2, 0) is 19.2 Å². The van der Waals surface area contributed by atoms with Crippen molar-refractivity contribution in [2.45, 2.75) is 25.3 Å². The highest BCUT2D eigenvalue weighted by molar-refractivity contribution is 8.18. The summed E-state index contributed by atoms with van der Waals surface area (Å²) in [5.41, 5.74) is 1.52. The van der Waals surface area contributed by atoms with Crippen molar-refractivity contribution in [1.29, 1.82) is 0 Å². The fourth-order valence-corrected chi connectivity index (χ4v) is 4.48. The topological polar surface area (TPSA) is 86.8 Å². The first-order valence-electron chi connectivity index (χ1n) is 9.93. The van der Waals surface area contributed by atoms with Gasteiger partial charge in [-0.3, -0.25) is 19.2 Å². The van der Waals surface area contributed by atoms with E-state index in [0.717, 1.165) is 29.4 Å². The number of allylic oxidation sites excluding steroid dienone is 2. The summed E-state index contributed by atoms with van der Waals surface area (Å²) >= 11 is 7.39. The largest absolute Gasteiger partial charge is 0.368 e. The molecule has 164 valence electrons. The maximum absolute atomic E-state index is 12.2. The molecule has 0 aromatic heterocycles. The second-order valence-electron chi connectivity index (χ2n) is 7.59. The van der Waals surface area contributed by atoms with Gasteiger partial charge in [-0.15, -0.1) is 0 Å². The molecule has 0 bridgehead atoms. The molecule has 7 nitrogen and oxygen atoms in total. The van der Waals surface area contributed by atoms with Gasteiger partial charge in [0.1, 0.15) is 0 Å². The van der Waals surface area contributed by atoms with Gasteiger partial charge in [0.2, 0.25) is 16.9 Å². The number of hydrogen-bond donors (Lipinski definition) is 1. The van der Waals surface area contributed by atoms with Crippen LogP contribution in [0.2, 0.25) is 5.02 Å². The average molecular weight is 462 g/mol. The Balaban J connectivity index is 1.69. The molecule has 2 heterocycles. The minimum absolute atomic E-state index is 0.0612. The highest BCUT2D eigenvalue weighted by Gasteiger charge is 2.27. The van der Waals surface area contributed by atoms with Crippen molar-refractivity contribution in [3.8, 4) is 0 Å². The van der Waals surface area contributed by atoms with E-state index >= 15 is 0 Å². The summed E-state index contributed by atoms with van der Waals surface area (Å²) in [4.78, 5) is 51.6. The van der Waals surface area contributed by atoms with Crippen LogP contribution in [0.15, 0.2) is 35.3 Å². The lowest BCUT2D eigenvalue weighted by molar-refractivity contribution is -0.131. The SMILES string of the molecule is CN(C)C(=O)CCC(=O)NC1CCN(c2c(Cl)cccc2C=C2SC(=O)C=CC2=O)C1. The number of para-hydroxylation sites is 1. The minimum atomic E-state index is -0.214. The Kier molecular flexibility index (Phi) is 7.56. The number of carbonyl (C=O) groups is 4. The third-order valence-corrected chi connectivity index (χ3v) is 6.24. The molecule has 2 aliphatic heterocycles. The first kappa shape index (κ1) is 23.1. The molecule has 1 aromatic carbocycles. The molecule has 31 heavy (non-hydrogen) atoms. The Hall–Kier alpha value is -2.58. The lowest BCUT2D eigenvalue weighted by Crippen LogP contribution is -2.37. The smallest absolute Gasteiger partial charge is 0.222 e. The van der Waals surface area contributed by atoms with Crippen LogP contribution in [0.3, 0.4) is 0 Å². The van der Waals surface area contributed by atoms with Gasteiger partial charge in [0.25, 0.3) is 0 Å². The highest BCUT2D eigenvalue weighted by Crippen LogP contribution is 2.36. The Bertz CT molecular complexity index is 974. The van der Waals surface area contributed by atoms with Crippen molar-refractivity contribution in [3.05, 3.63) is 45.8 Å². The fourth-order valence-electron chi connectivity index (χ4n) is 3.47. The number of hydrogen-bond acceptors (Lipinski definition) is 6. The van der Waals surface area contributed by atoms with E-state index in [0.29, 0.717) is 23.0 Å². The number of nitrogens with one attached hydrogen (secondary N) is 1. The Morgan fingerprint density at radius 2 is 2.03 bits per heavy atom. The number of amides is 2. The molecule has 0 saturated carbocycles. The number of ketones is 1. The van der Waals surface area contributed by atoms with Gasteiger partial charge in [0.15, 0.2) is 5.78 Å². The molecule has 1 fully saturated rings. The third-order valence-electron chi connectivity index (χ3n) is 5.06. The number of halogens is 1. The van der Waals surface area contributed by atoms with E-state index in [1.165, 1.54) is 17.1 Å². The number of carbonyl (C=O) groups excluding carboxylic acids is 4. The summed E-state index contributed by atoms with van der Waals surface area (Å²) in [7, 11) is 3.33. The van der Waals surface area contributed by atoms with Crippen molar-refractivity contribution in [2.75, 3.05) is 32.1 Å². The van der Waals surface area contributed by atoms with Gasteiger partial charge < -0.3 is 15.1 Å². The molecular formula is C22H24ClN3O4S. The van der Waals surface area contributed by atoms with E-state index in [9.17, 15) is 19.2 Å². The molecule has 1 unspecified atom stereocenters. The standard InChI is InChI=1S/C22H24ClN3O4S/c1-25(2)20(29)8-7-19(28)24-15-10-11-26(13-15)22-14(4-3-5-16(22)23)12-18-17(27)6-9-21(30)31-18/h3-6,9,12,15H,7-8,10-11,13H2,1-2H3,(H,24,28). The molecule has 1 saturated heterocycles. The first-order chi connectivity index (χ1) is 14.7. The molecule has 1 aromatic rings. The van der Waals surface area contributed by atoms with Crippen LogP contribution in [0.1, 0.15) is 24.8 Å². The first-order valence-corrected chi connectivity index (χ1v) is 11.1. The fraction of sp³-hybridized carbons (Fsp3) is 0.364. The summed E-state index contributed by atoms with van der Waals surface area (Å²) in [5.74, 6) is -0.451. The van der Waals surface area contributed by atoms with E-state index in [4.69, 9.17) is 11.6 Å². The second-order valence-corrected chi connectivity index (χ2v) is 9.05. The van der Waals surface area contributed by atoms with Crippen LogP contribution >= 0.6 is 23.4 Å². The maximum atomic E-state index is 12.2. The van der Waals surface area contributed by atoms with Crippen molar-refractivity contribution in [2.24, 2.45) is 0 Å². The molecule has 0 radical (unpaired) electrons. The van der Waals surface area contributed by atoms with Crippen LogP contribution < -0.4 is 10.2 Å². The van der Waals surface area contributed by atoms with Gasteiger partial charge in [-0.05, 0) is 42.5 Å². The number of nitrogens with zero attached hydrogens (tertiary/aromatic N) is 2. The summed E-state index contributed by atoms with van der Waals surface area (Å²) in [6.07, 6.45) is 5.30. The number of benzene rings is 1. The van der Waals surface area contributed by atoms with E-state index in [1.54, 1.807) is 32.3 Å². The zero-order valence-electron chi connectivity index (χ0n) is 17.4. The zero-order valence-corrected chi connectivity index (χ0v) is 19.0. The van der Waals surface area contributed by atoms with Crippen LogP contribution in [0.4, 0.5) is 5.69 Å². The Labute approximate surface area is 190 Å². The van der Waals surface area contributed by atoms with E-state index in [2.05, 4.69) is 10.2 Å². The van der Waals surface area contributed by atoms with E-state index in [1.807, 2.05) is 6.07 Å². The third kappa shape index (κ3) is 5.98. The van der Waals surface area contributed by atoms with Crippen LogP contribution in [0.5, 0.6) is 0 Å². The molecule has 0 aliphatic carbocycles. The molecule has 2 aliphatic rings. The van der Waals surface area contributed by atoms with Gasteiger partial charge in [-0.2, -0.15) is 0 Å². The van der Waals surface area contributed by atoms with Gasteiger partial charge in [-0.25, -0.2) is 0 Å². The molecule has 9 heteroatoms. The second kappa shape index (κ2) is 10.2. The summed E-state index contributed by atoms with van der Waals surface area (Å²) in [5, 5.41) is 3.33. The molecule has 2 amide bonds. The van der Waals surface area contributed by atoms with Gasteiger partial charge in [0, 0.05) is 51.6 Å². The van der Waals surface area contributed by atoms with Gasteiger partial charge >= 0.3 is 0 Å². The monoisotopic (exact) mass is 461 g/mol. The van der Waals surface area contributed by atoms with E-state index < -0.39 is 0 Å². The average Bonchev–Trinajstić information content (AvgIpc) is 3.16. The van der Waals surface area contributed by atoms with Crippen LogP contribution in [-0.4, -0.2) is 60.8 Å². The molecule has 0 spiro atoms. The summed E-state index contributed by atoms with van der Waals surface area (Å²) in [6.45, 7) is 1.24. The zero-order chi connectivity index (χ0) is 22.5. The Morgan fingerprint density at radius 1 is 1.26 bits per heavy atom. The van der Waals surface area contributed by atoms with Crippen molar-refractivity contribution >= 4 is 57.8 Å². The predicted molar refractivity (Wildman–Crippen MR) is 123 cm³/mol. The molecule has 1 N–H and O–H groups in total. The quantitative estimate of drug-likeness (QED) is 0.655. The number of anilines is 1. The lowest BCUT2D eigenvalue weighted by atomic mass is 10.1. The van der Waals surface area contributed by atoms with E-state index in [-0.39, 0.29) is 41.6 Å². The molecule has 1 atom stereocenters. The number of rotatable bonds is 6. The molecular weight excluding hydrogens is 438 g/mol. The summed E-state index contributed by atoms with van der Waals surface area (Å²) < 4.78 is 0. The van der Waals surface area contributed by atoms with Gasteiger partial charge in [-0.1, -0.05) is 23.7 Å². The highest BCUT2D eigenvalue weighted by atomic mass is 35.5. The maximum Gasteiger partial charge on any atom is 0.222 e. The van der Waals surface area contributed by atoms with Crippen molar-refractivity contribution in [1.82, 2.24) is 10.2 Å². The van der Waals surface area contributed by atoms with Crippen molar-refractivity contribution in [3.63, 3.8) is 0 Å². The lowest BCUT2D eigenvalue weighted by Gasteiger charge is -2.23. The van der Waals surface area contributed by atoms with Crippen LogP contribution in [0, 0.1) is 0 Å². The summed E-state index contributed by atoms with van der Waals surface area (Å²) in [6, 6.07) is 5.36. The predicted octanol–water partition coefficient (Wildman–Crippen LogP) is 2.64. The van der Waals surface area contributed by atoms with Crippen LogP contribution in [0.25, 0.3) is 6.08 Å². The van der Waals surface area contributed by atoms with Crippen molar-refractivity contribution < 1.29 is 19.2 Å².